The van der Waals surface area contributed by atoms with Crippen molar-refractivity contribution in [3.8, 4) is 0 Å². The summed E-state index contributed by atoms with van der Waals surface area (Å²) in [6.07, 6.45) is 0. The van der Waals surface area contributed by atoms with Gasteiger partial charge in [0.05, 0.1) is 6.54 Å². The Morgan fingerprint density at radius 1 is 1.29 bits per heavy atom. The molecule has 1 heterocycles. The maximum absolute atomic E-state index is 11.4. The first-order valence-corrected chi connectivity index (χ1v) is 6.77. The van der Waals surface area contributed by atoms with E-state index in [1.54, 1.807) is 7.05 Å². The molecule has 3 N–H and O–H groups in total. The second-order valence-electron chi connectivity index (χ2n) is 4.54. The molecular weight excluding hydrogens is 270 g/mol. The highest BCUT2D eigenvalue weighted by Crippen LogP contribution is 1.98. The van der Waals surface area contributed by atoms with Crippen LogP contribution in [0.15, 0.2) is 35.3 Å². The highest BCUT2D eigenvalue weighted by atomic mass is 16.2. The van der Waals surface area contributed by atoms with Gasteiger partial charge in [-0.15, -0.1) is 0 Å². The first-order valence-electron chi connectivity index (χ1n) is 6.77. The van der Waals surface area contributed by atoms with Crippen molar-refractivity contribution in [1.29, 1.82) is 0 Å². The lowest BCUT2D eigenvalue weighted by atomic mass is 10.2. The summed E-state index contributed by atoms with van der Waals surface area (Å²) in [4.78, 5) is 28.1. The van der Waals surface area contributed by atoms with Crippen molar-refractivity contribution in [1.82, 2.24) is 20.9 Å². The highest BCUT2D eigenvalue weighted by Gasteiger charge is 2.27. The van der Waals surface area contributed by atoms with Crippen molar-refractivity contribution < 1.29 is 9.59 Å². The number of hydrogen-bond acceptors (Lipinski definition) is 3. The highest BCUT2D eigenvalue weighted by molar-refractivity contribution is 6.01. The van der Waals surface area contributed by atoms with Gasteiger partial charge in [-0.3, -0.25) is 14.7 Å². The summed E-state index contributed by atoms with van der Waals surface area (Å²) < 4.78 is 0. The van der Waals surface area contributed by atoms with Crippen LogP contribution in [0.25, 0.3) is 0 Å². The Morgan fingerprint density at radius 3 is 2.67 bits per heavy atom. The van der Waals surface area contributed by atoms with E-state index in [4.69, 9.17) is 0 Å². The molecule has 0 radical (unpaired) electrons. The van der Waals surface area contributed by atoms with Crippen LogP contribution in [-0.2, 0) is 11.3 Å². The van der Waals surface area contributed by atoms with Gasteiger partial charge in [-0.1, -0.05) is 30.3 Å². The number of rotatable bonds is 5. The topological polar surface area (TPSA) is 85.8 Å². The number of imide groups is 1. The summed E-state index contributed by atoms with van der Waals surface area (Å²) in [6, 6.07) is 9.62. The molecule has 2 rings (SSSR count). The number of nitrogens with zero attached hydrogens (tertiary/aromatic N) is 2. The fraction of sp³-hybridized carbons (Fsp3) is 0.357. The summed E-state index contributed by atoms with van der Waals surface area (Å²) in [7, 11) is 1.67. The Balaban J connectivity index is 1.73. The van der Waals surface area contributed by atoms with E-state index >= 15 is 0 Å². The van der Waals surface area contributed by atoms with E-state index in [2.05, 4.69) is 20.9 Å². The Bertz CT molecular complexity index is 513. The zero-order valence-electron chi connectivity index (χ0n) is 11.9. The summed E-state index contributed by atoms with van der Waals surface area (Å²) in [5.74, 6) is 0.430. The largest absolute Gasteiger partial charge is 0.355 e. The first kappa shape index (κ1) is 14.8. The van der Waals surface area contributed by atoms with Crippen molar-refractivity contribution >= 4 is 17.9 Å². The molecular formula is C14H19N5O2. The van der Waals surface area contributed by atoms with E-state index in [1.807, 2.05) is 30.3 Å². The number of amides is 3. The summed E-state index contributed by atoms with van der Waals surface area (Å²) >= 11 is 0. The van der Waals surface area contributed by atoms with Gasteiger partial charge in [0.1, 0.15) is 0 Å². The van der Waals surface area contributed by atoms with Crippen LogP contribution >= 0.6 is 0 Å². The molecule has 0 atom stereocenters. The third-order valence-electron chi connectivity index (χ3n) is 3.09. The van der Waals surface area contributed by atoms with Gasteiger partial charge >= 0.3 is 6.03 Å². The molecule has 1 aromatic carbocycles. The van der Waals surface area contributed by atoms with Crippen molar-refractivity contribution in [2.45, 2.75) is 6.54 Å². The van der Waals surface area contributed by atoms with Crippen molar-refractivity contribution in [2.75, 3.05) is 26.7 Å². The summed E-state index contributed by atoms with van der Waals surface area (Å²) in [5.41, 5.74) is 1.15. The standard InChI is InChI=1S/C14H19N5O2/c1-15-13(17-9-11-5-3-2-4-6-11)16-7-8-19-12(20)10-18-14(19)21/h2-6H,7-10H2,1H3,(H,18,21)(H2,15,16,17). The molecule has 0 bridgehead atoms. The SMILES string of the molecule is CN=C(NCCN1C(=O)CNC1=O)NCc1ccccc1. The molecule has 0 saturated carbocycles. The Morgan fingerprint density at radius 2 is 2.05 bits per heavy atom. The average molecular weight is 289 g/mol. The molecule has 1 aliphatic heterocycles. The maximum Gasteiger partial charge on any atom is 0.324 e. The predicted octanol–water partition coefficient (Wildman–Crippen LogP) is -0.0966. The van der Waals surface area contributed by atoms with Gasteiger partial charge in [0.2, 0.25) is 5.91 Å². The molecule has 0 aromatic heterocycles. The summed E-state index contributed by atoms with van der Waals surface area (Å²) in [6.45, 7) is 1.51. The Hall–Kier alpha value is -2.57. The van der Waals surface area contributed by atoms with Gasteiger partial charge in [0.15, 0.2) is 5.96 Å². The minimum absolute atomic E-state index is 0.0831. The van der Waals surface area contributed by atoms with Crippen LogP contribution in [0.1, 0.15) is 5.56 Å². The van der Waals surface area contributed by atoms with Crippen LogP contribution in [0.4, 0.5) is 4.79 Å². The molecule has 0 unspecified atom stereocenters. The van der Waals surface area contributed by atoms with E-state index in [0.717, 1.165) is 5.56 Å². The van der Waals surface area contributed by atoms with Gasteiger partial charge in [0.25, 0.3) is 0 Å². The molecule has 0 spiro atoms. The Labute approximate surface area is 123 Å². The second kappa shape index (κ2) is 7.28. The van der Waals surface area contributed by atoms with Gasteiger partial charge < -0.3 is 16.0 Å². The number of nitrogens with one attached hydrogen (secondary N) is 3. The first-order chi connectivity index (χ1) is 10.2. The molecule has 112 valence electrons. The minimum atomic E-state index is -0.339. The van der Waals surface area contributed by atoms with E-state index in [1.165, 1.54) is 4.90 Å². The predicted molar refractivity (Wildman–Crippen MR) is 79.8 cm³/mol. The van der Waals surface area contributed by atoms with Gasteiger partial charge in [-0.05, 0) is 5.56 Å². The third-order valence-corrected chi connectivity index (χ3v) is 3.09. The molecule has 7 heteroatoms. The zero-order valence-corrected chi connectivity index (χ0v) is 11.9. The fourth-order valence-corrected chi connectivity index (χ4v) is 1.97. The number of hydrogen-bond donors (Lipinski definition) is 3. The van der Waals surface area contributed by atoms with Crippen LogP contribution in [0, 0.1) is 0 Å². The van der Waals surface area contributed by atoms with Crippen LogP contribution in [-0.4, -0.2) is 49.5 Å². The lowest BCUT2D eigenvalue weighted by molar-refractivity contribution is -0.124. The molecule has 0 aliphatic carbocycles. The molecule has 1 aromatic rings. The van der Waals surface area contributed by atoms with Crippen molar-refractivity contribution in [3.63, 3.8) is 0 Å². The number of guanidine groups is 1. The van der Waals surface area contributed by atoms with Crippen LogP contribution in [0.3, 0.4) is 0 Å². The number of carbonyl (C=O) groups excluding carboxylic acids is 2. The zero-order chi connectivity index (χ0) is 15.1. The maximum atomic E-state index is 11.4. The minimum Gasteiger partial charge on any atom is -0.355 e. The molecule has 1 fully saturated rings. The van der Waals surface area contributed by atoms with E-state index in [9.17, 15) is 9.59 Å². The molecule has 7 nitrogen and oxygen atoms in total. The second-order valence-corrected chi connectivity index (χ2v) is 4.54. The Kier molecular flexibility index (Phi) is 5.14. The smallest absolute Gasteiger partial charge is 0.324 e. The number of aliphatic imine (C=N–C) groups is 1. The van der Waals surface area contributed by atoms with Gasteiger partial charge in [-0.2, -0.15) is 0 Å². The quantitative estimate of drug-likeness (QED) is 0.401. The fourth-order valence-electron chi connectivity index (χ4n) is 1.97. The normalized spacial score (nSPS) is 15.1. The molecule has 1 saturated heterocycles. The lowest BCUT2D eigenvalue weighted by Gasteiger charge is -2.15. The average Bonchev–Trinajstić information content (AvgIpc) is 2.83. The van der Waals surface area contributed by atoms with Crippen LogP contribution in [0.5, 0.6) is 0 Å². The third kappa shape index (κ3) is 4.20. The van der Waals surface area contributed by atoms with Crippen LogP contribution in [0.2, 0.25) is 0 Å². The van der Waals surface area contributed by atoms with Gasteiger partial charge in [0, 0.05) is 26.7 Å². The molecule has 3 amide bonds. The number of carbonyl (C=O) groups is 2. The van der Waals surface area contributed by atoms with E-state index in [-0.39, 0.29) is 18.5 Å². The molecule has 1 aliphatic rings. The van der Waals surface area contributed by atoms with Crippen molar-refractivity contribution in [2.24, 2.45) is 4.99 Å². The molecule has 21 heavy (non-hydrogen) atoms. The van der Waals surface area contributed by atoms with E-state index < -0.39 is 0 Å². The summed E-state index contributed by atoms with van der Waals surface area (Å²) in [5, 5.41) is 8.72. The lowest BCUT2D eigenvalue weighted by Crippen LogP contribution is -2.43. The van der Waals surface area contributed by atoms with Crippen LogP contribution < -0.4 is 16.0 Å². The van der Waals surface area contributed by atoms with Gasteiger partial charge in [-0.25, -0.2) is 4.79 Å². The number of benzene rings is 1. The number of urea groups is 1. The van der Waals surface area contributed by atoms with E-state index in [0.29, 0.717) is 25.6 Å². The van der Waals surface area contributed by atoms with Crippen molar-refractivity contribution in [3.05, 3.63) is 35.9 Å². The monoisotopic (exact) mass is 289 g/mol.